The first-order valence-corrected chi connectivity index (χ1v) is 8.04. The molecule has 0 spiro atoms. The summed E-state index contributed by atoms with van der Waals surface area (Å²) >= 11 is 0. The Morgan fingerprint density at radius 1 is 1.24 bits per heavy atom. The summed E-state index contributed by atoms with van der Waals surface area (Å²) in [6, 6.07) is 9.07. The molecule has 2 heterocycles. The minimum Gasteiger partial charge on any atom is -0.497 e. The quantitative estimate of drug-likeness (QED) is 0.921. The van der Waals surface area contributed by atoms with Crippen molar-refractivity contribution in [3.05, 3.63) is 41.7 Å². The van der Waals surface area contributed by atoms with E-state index in [0.717, 1.165) is 17.1 Å². The van der Waals surface area contributed by atoms with E-state index in [9.17, 15) is 9.59 Å². The first-order valence-electron chi connectivity index (χ1n) is 8.04. The van der Waals surface area contributed by atoms with Crippen LogP contribution in [-0.2, 0) is 9.59 Å². The number of methoxy groups -OCH3 is 1. The largest absolute Gasteiger partial charge is 0.497 e. The maximum atomic E-state index is 12.5. The summed E-state index contributed by atoms with van der Waals surface area (Å²) in [7, 11) is 1.57. The van der Waals surface area contributed by atoms with Gasteiger partial charge in [0.2, 0.25) is 17.8 Å². The fraction of sp³-hybridized carbons (Fsp3) is 0.333. The molecule has 1 N–H and O–H groups in total. The van der Waals surface area contributed by atoms with Gasteiger partial charge >= 0.3 is 0 Å². The van der Waals surface area contributed by atoms with E-state index >= 15 is 0 Å². The van der Waals surface area contributed by atoms with E-state index in [2.05, 4.69) is 15.3 Å². The lowest BCUT2D eigenvalue weighted by Crippen LogP contribution is -2.28. The van der Waals surface area contributed by atoms with Gasteiger partial charge in [-0.3, -0.25) is 14.9 Å². The normalized spacial score (nSPS) is 16.8. The second-order valence-corrected chi connectivity index (χ2v) is 6.07. The maximum absolute atomic E-state index is 12.5. The number of rotatable bonds is 4. The Labute approximate surface area is 146 Å². The molecule has 25 heavy (non-hydrogen) atoms. The average Bonchev–Trinajstić information content (AvgIpc) is 2.96. The van der Waals surface area contributed by atoms with Crippen LogP contribution in [0.1, 0.15) is 17.8 Å². The molecule has 3 rings (SSSR count). The Hall–Kier alpha value is -2.96. The molecular weight excluding hydrogens is 320 g/mol. The molecule has 1 aliphatic heterocycles. The Kier molecular flexibility index (Phi) is 4.65. The number of amides is 2. The number of carbonyl (C=O) groups excluding carboxylic acids is 2. The van der Waals surface area contributed by atoms with E-state index < -0.39 is 5.92 Å². The number of hydrogen-bond donors (Lipinski definition) is 1. The van der Waals surface area contributed by atoms with Crippen molar-refractivity contribution in [2.45, 2.75) is 20.3 Å². The summed E-state index contributed by atoms with van der Waals surface area (Å²) in [5, 5.41) is 2.72. The SMILES string of the molecule is COc1cccc(N2C[C@@H](C(=O)Nc3nc(C)cc(C)n3)CC2=O)c1. The van der Waals surface area contributed by atoms with Gasteiger partial charge in [-0.2, -0.15) is 0 Å². The molecule has 1 aromatic carbocycles. The van der Waals surface area contributed by atoms with Gasteiger partial charge in [0.25, 0.3) is 0 Å². The van der Waals surface area contributed by atoms with E-state index in [4.69, 9.17) is 4.74 Å². The van der Waals surface area contributed by atoms with E-state index in [0.29, 0.717) is 12.3 Å². The molecule has 0 unspecified atom stereocenters. The highest BCUT2D eigenvalue weighted by molar-refractivity contribution is 6.03. The van der Waals surface area contributed by atoms with Crippen LogP contribution in [0.15, 0.2) is 30.3 Å². The molecule has 7 heteroatoms. The molecular formula is C18H20N4O3. The second-order valence-electron chi connectivity index (χ2n) is 6.07. The average molecular weight is 340 g/mol. The van der Waals surface area contributed by atoms with Crippen LogP contribution in [0.4, 0.5) is 11.6 Å². The van der Waals surface area contributed by atoms with Crippen molar-refractivity contribution in [2.24, 2.45) is 5.92 Å². The fourth-order valence-electron chi connectivity index (χ4n) is 2.91. The van der Waals surface area contributed by atoms with Gasteiger partial charge in [-0.15, -0.1) is 0 Å². The zero-order valence-corrected chi connectivity index (χ0v) is 14.4. The van der Waals surface area contributed by atoms with Gasteiger partial charge in [0.1, 0.15) is 5.75 Å². The van der Waals surface area contributed by atoms with Gasteiger partial charge in [0.05, 0.1) is 13.0 Å². The first-order chi connectivity index (χ1) is 12.0. The predicted octanol–water partition coefficient (Wildman–Crippen LogP) is 2.09. The summed E-state index contributed by atoms with van der Waals surface area (Å²) in [5.41, 5.74) is 2.29. The van der Waals surface area contributed by atoms with Crippen LogP contribution in [0.2, 0.25) is 0 Å². The number of benzene rings is 1. The van der Waals surface area contributed by atoms with Crippen molar-refractivity contribution < 1.29 is 14.3 Å². The lowest BCUT2D eigenvalue weighted by molar-refractivity contribution is -0.122. The summed E-state index contributed by atoms with van der Waals surface area (Å²) in [6.07, 6.45) is 0.161. The fourth-order valence-corrected chi connectivity index (χ4v) is 2.91. The third-order valence-electron chi connectivity index (χ3n) is 4.08. The highest BCUT2D eigenvalue weighted by Crippen LogP contribution is 2.28. The van der Waals surface area contributed by atoms with E-state index in [1.165, 1.54) is 0 Å². The van der Waals surface area contributed by atoms with Crippen molar-refractivity contribution in [3.63, 3.8) is 0 Å². The van der Waals surface area contributed by atoms with Gasteiger partial charge in [-0.1, -0.05) is 6.07 Å². The van der Waals surface area contributed by atoms with Crippen molar-refractivity contribution in [2.75, 3.05) is 23.9 Å². The topological polar surface area (TPSA) is 84.4 Å². The molecule has 1 fully saturated rings. The van der Waals surface area contributed by atoms with Gasteiger partial charge in [0.15, 0.2) is 0 Å². The predicted molar refractivity (Wildman–Crippen MR) is 93.6 cm³/mol. The zero-order chi connectivity index (χ0) is 18.0. The third kappa shape index (κ3) is 3.76. The van der Waals surface area contributed by atoms with E-state index in [1.807, 2.05) is 38.1 Å². The maximum Gasteiger partial charge on any atom is 0.232 e. The van der Waals surface area contributed by atoms with Crippen LogP contribution in [0.25, 0.3) is 0 Å². The van der Waals surface area contributed by atoms with Crippen LogP contribution >= 0.6 is 0 Å². The Balaban J connectivity index is 1.72. The highest BCUT2D eigenvalue weighted by atomic mass is 16.5. The number of aromatic nitrogens is 2. The van der Waals surface area contributed by atoms with Gasteiger partial charge in [0, 0.05) is 36.1 Å². The molecule has 1 saturated heterocycles. The lowest BCUT2D eigenvalue weighted by Gasteiger charge is -2.17. The van der Waals surface area contributed by atoms with Gasteiger partial charge in [-0.25, -0.2) is 9.97 Å². The summed E-state index contributed by atoms with van der Waals surface area (Å²) < 4.78 is 5.19. The van der Waals surface area contributed by atoms with Crippen LogP contribution in [0.3, 0.4) is 0 Å². The number of carbonyl (C=O) groups is 2. The third-order valence-corrected chi connectivity index (χ3v) is 4.08. The molecule has 1 aromatic heterocycles. The lowest BCUT2D eigenvalue weighted by atomic mass is 10.1. The molecule has 0 radical (unpaired) electrons. The summed E-state index contributed by atoms with van der Waals surface area (Å²) in [6.45, 7) is 4.00. The minimum absolute atomic E-state index is 0.0882. The molecule has 2 aromatic rings. The molecule has 1 aliphatic rings. The Morgan fingerprint density at radius 3 is 2.64 bits per heavy atom. The van der Waals surface area contributed by atoms with Gasteiger partial charge in [-0.05, 0) is 32.0 Å². The summed E-state index contributed by atoms with van der Waals surface area (Å²) in [5.74, 6) is 0.165. The van der Waals surface area contributed by atoms with Crippen LogP contribution in [0.5, 0.6) is 5.75 Å². The van der Waals surface area contributed by atoms with E-state index in [-0.39, 0.29) is 24.2 Å². The molecule has 130 valence electrons. The molecule has 2 amide bonds. The van der Waals surface area contributed by atoms with Crippen molar-refractivity contribution in [3.8, 4) is 5.75 Å². The number of nitrogens with zero attached hydrogens (tertiary/aromatic N) is 3. The zero-order valence-electron chi connectivity index (χ0n) is 14.4. The number of anilines is 2. The number of nitrogens with one attached hydrogen (secondary N) is 1. The molecule has 0 aliphatic carbocycles. The van der Waals surface area contributed by atoms with E-state index in [1.54, 1.807) is 18.1 Å². The number of hydrogen-bond acceptors (Lipinski definition) is 5. The van der Waals surface area contributed by atoms with Crippen LogP contribution in [0, 0.1) is 19.8 Å². The van der Waals surface area contributed by atoms with Crippen molar-refractivity contribution in [1.29, 1.82) is 0 Å². The Bertz CT molecular complexity index is 801. The summed E-state index contributed by atoms with van der Waals surface area (Å²) in [4.78, 5) is 34.8. The van der Waals surface area contributed by atoms with Crippen LogP contribution in [-0.4, -0.2) is 35.4 Å². The van der Waals surface area contributed by atoms with Crippen molar-refractivity contribution in [1.82, 2.24) is 9.97 Å². The first kappa shape index (κ1) is 16.9. The number of aryl methyl sites for hydroxylation is 2. The highest BCUT2D eigenvalue weighted by Gasteiger charge is 2.35. The van der Waals surface area contributed by atoms with Gasteiger partial charge < -0.3 is 9.64 Å². The molecule has 7 nitrogen and oxygen atoms in total. The van der Waals surface area contributed by atoms with Crippen LogP contribution < -0.4 is 15.0 Å². The molecule has 0 bridgehead atoms. The number of ether oxygens (including phenoxy) is 1. The molecule has 1 atom stereocenters. The Morgan fingerprint density at radius 2 is 1.96 bits per heavy atom. The second kappa shape index (κ2) is 6.88. The minimum atomic E-state index is -0.442. The monoisotopic (exact) mass is 340 g/mol. The smallest absolute Gasteiger partial charge is 0.232 e. The molecule has 0 saturated carbocycles. The standard InChI is InChI=1S/C18H20N4O3/c1-11-7-12(2)20-18(19-11)21-17(24)13-8-16(23)22(10-13)14-5-4-6-15(9-14)25-3/h4-7,9,13H,8,10H2,1-3H3,(H,19,20,21,24)/t13-/m0/s1. The van der Waals surface area contributed by atoms with Crippen molar-refractivity contribution >= 4 is 23.5 Å².